The van der Waals surface area contributed by atoms with Crippen LogP contribution in [0.5, 0.6) is 11.5 Å². The summed E-state index contributed by atoms with van der Waals surface area (Å²) in [6.45, 7) is 3.29. The van der Waals surface area contributed by atoms with Crippen molar-refractivity contribution in [1.82, 2.24) is 0 Å². The van der Waals surface area contributed by atoms with E-state index in [0.717, 1.165) is 17.7 Å². The Kier molecular flexibility index (Phi) is 3.17. The smallest absolute Gasteiger partial charge is 0.180 e. The van der Waals surface area contributed by atoms with Crippen LogP contribution in [0, 0.1) is 0 Å². The predicted octanol–water partition coefficient (Wildman–Crippen LogP) is 3.53. The highest BCUT2D eigenvalue weighted by Gasteiger charge is 2.15. The number of hydrogen-bond acceptors (Lipinski definition) is 2. The summed E-state index contributed by atoms with van der Waals surface area (Å²) in [5.41, 5.74) is 1.02. The molecule has 0 amide bonds. The summed E-state index contributed by atoms with van der Waals surface area (Å²) < 4.78 is 11.1. The lowest BCUT2D eigenvalue weighted by molar-refractivity contribution is 0.282. The van der Waals surface area contributed by atoms with Gasteiger partial charge in [-0.25, -0.2) is 0 Å². The SMILES string of the molecule is CCCOc1c(Cl)ccc2c1OCC=C2. The fourth-order valence-electron chi connectivity index (χ4n) is 1.48. The predicted molar refractivity (Wildman–Crippen MR) is 61.8 cm³/mol. The van der Waals surface area contributed by atoms with Crippen LogP contribution in [0.3, 0.4) is 0 Å². The molecule has 3 heteroatoms. The normalized spacial score (nSPS) is 13.2. The number of ether oxygens (including phenoxy) is 2. The van der Waals surface area contributed by atoms with Crippen LogP contribution in [0.1, 0.15) is 18.9 Å². The van der Waals surface area contributed by atoms with E-state index in [0.29, 0.717) is 24.0 Å². The Morgan fingerprint density at radius 2 is 2.33 bits per heavy atom. The monoisotopic (exact) mass is 224 g/mol. The molecule has 1 aromatic rings. The van der Waals surface area contributed by atoms with E-state index >= 15 is 0 Å². The lowest BCUT2D eigenvalue weighted by atomic mass is 10.1. The third-order valence-corrected chi connectivity index (χ3v) is 2.46. The van der Waals surface area contributed by atoms with E-state index in [1.54, 1.807) is 0 Å². The molecule has 0 saturated carbocycles. The first kappa shape index (κ1) is 10.4. The van der Waals surface area contributed by atoms with Crippen molar-refractivity contribution in [2.45, 2.75) is 13.3 Å². The fraction of sp³-hybridized carbons (Fsp3) is 0.333. The molecular formula is C12H13ClO2. The molecule has 1 aliphatic heterocycles. The van der Waals surface area contributed by atoms with Crippen LogP contribution in [-0.4, -0.2) is 13.2 Å². The van der Waals surface area contributed by atoms with E-state index in [2.05, 4.69) is 6.92 Å². The van der Waals surface area contributed by atoms with E-state index in [1.807, 2.05) is 24.3 Å². The first-order valence-corrected chi connectivity index (χ1v) is 5.45. The minimum atomic E-state index is 0.579. The zero-order valence-electron chi connectivity index (χ0n) is 8.63. The summed E-state index contributed by atoms with van der Waals surface area (Å²) in [5.74, 6) is 1.43. The summed E-state index contributed by atoms with van der Waals surface area (Å²) in [5, 5.41) is 0.609. The van der Waals surface area contributed by atoms with E-state index in [-0.39, 0.29) is 0 Å². The van der Waals surface area contributed by atoms with E-state index in [9.17, 15) is 0 Å². The van der Waals surface area contributed by atoms with Gasteiger partial charge in [0.05, 0.1) is 11.6 Å². The highest BCUT2D eigenvalue weighted by Crippen LogP contribution is 2.40. The summed E-state index contributed by atoms with van der Waals surface area (Å²) in [6, 6.07) is 3.77. The molecule has 15 heavy (non-hydrogen) atoms. The van der Waals surface area contributed by atoms with E-state index in [1.165, 1.54) is 0 Å². The molecule has 0 bridgehead atoms. The van der Waals surface area contributed by atoms with E-state index in [4.69, 9.17) is 21.1 Å². The van der Waals surface area contributed by atoms with Crippen LogP contribution in [0.15, 0.2) is 18.2 Å². The molecule has 0 spiro atoms. The Morgan fingerprint density at radius 3 is 3.13 bits per heavy atom. The van der Waals surface area contributed by atoms with Crippen LogP contribution in [0.2, 0.25) is 5.02 Å². The first-order valence-electron chi connectivity index (χ1n) is 5.07. The lowest BCUT2D eigenvalue weighted by Crippen LogP contribution is -2.05. The molecule has 80 valence electrons. The Labute approximate surface area is 94.5 Å². The van der Waals surface area contributed by atoms with Gasteiger partial charge in [0.1, 0.15) is 6.61 Å². The second-order valence-corrected chi connectivity index (χ2v) is 3.76. The second kappa shape index (κ2) is 4.58. The quantitative estimate of drug-likeness (QED) is 0.782. The average Bonchev–Trinajstić information content (AvgIpc) is 2.28. The molecule has 1 heterocycles. The van der Waals surface area contributed by atoms with Crippen molar-refractivity contribution < 1.29 is 9.47 Å². The molecule has 1 aliphatic rings. The van der Waals surface area contributed by atoms with Crippen LogP contribution in [0.25, 0.3) is 6.08 Å². The zero-order chi connectivity index (χ0) is 10.7. The van der Waals surface area contributed by atoms with Gasteiger partial charge in [-0.1, -0.05) is 24.6 Å². The summed E-state index contributed by atoms with van der Waals surface area (Å²) >= 11 is 6.07. The maximum absolute atomic E-state index is 6.07. The molecule has 1 aromatic carbocycles. The van der Waals surface area contributed by atoms with Crippen LogP contribution < -0.4 is 9.47 Å². The third kappa shape index (κ3) is 2.10. The largest absolute Gasteiger partial charge is 0.488 e. The van der Waals surface area contributed by atoms with Gasteiger partial charge in [0.15, 0.2) is 11.5 Å². The maximum atomic E-state index is 6.07. The van der Waals surface area contributed by atoms with E-state index < -0.39 is 0 Å². The van der Waals surface area contributed by atoms with Gasteiger partial charge in [-0.15, -0.1) is 0 Å². The highest BCUT2D eigenvalue weighted by molar-refractivity contribution is 6.32. The van der Waals surface area contributed by atoms with Crippen LogP contribution in [0.4, 0.5) is 0 Å². The molecule has 0 atom stereocenters. The first-order chi connectivity index (χ1) is 7.33. The number of benzene rings is 1. The fourth-order valence-corrected chi connectivity index (χ4v) is 1.68. The Hall–Kier alpha value is -1.15. The van der Waals surface area contributed by atoms with Gasteiger partial charge in [-0.3, -0.25) is 0 Å². The van der Waals surface area contributed by atoms with Crippen molar-refractivity contribution in [3.63, 3.8) is 0 Å². The molecule has 2 nitrogen and oxygen atoms in total. The topological polar surface area (TPSA) is 18.5 Å². The molecular weight excluding hydrogens is 212 g/mol. The molecule has 0 fully saturated rings. The molecule has 2 rings (SSSR count). The van der Waals surface area contributed by atoms with Gasteiger partial charge in [-0.05, 0) is 24.6 Å². The maximum Gasteiger partial charge on any atom is 0.180 e. The average molecular weight is 225 g/mol. The van der Waals surface area contributed by atoms with Crippen LogP contribution >= 0.6 is 11.6 Å². The Bertz CT molecular complexity index is 385. The molecule has 0 aromatic heterocycles. The number of halogens is 1. The molecule has 0 aliphatic carbocycles. The van der Waals surface area contributed by atoms with Gasteiger partial charge in [0.2, 0.25) is 0 Å². The third-order valence-electron chi connectivity index (χ3n) is 2.17. The van der Waals surface area contributed by atoms with Crippen molar-refractivity contribution in [3.8, 4) is 11.5 Å². The van der Waals surface area contributed by atoms with Gasteiger partial charge >= 0.3 is 0 Å². The highest BCUT2D eigenvalue weighted by atomic mass is 35.5. The van der Waals surface area contributed by atoms with Gasteiger partial charge in [0, 0.05) is 5.56 Å². The number of hydrogen-bond donors (Lipinski definition) is 0. The van der Waals surface area contributed by atoms with Gasteiger partial charge < -0.3 is 9.47 Å². The van der Waals surface area contributed by atoms with Crippen molar-refractivity contribution in [3.05, 3.63) is 28.8 Å². The Balaban J connectivity index is 2.37. The molecule has 0 unspecified atom stereocenters. The summed E-state index contributed by atoms with van der Waals surface area (Å²) in [4.78, 5) is 0. The lowest BCUT2D eigenvalue weighted by Gasteiger charge is -2.17. The summed E-state index contributed by atoms with van der Waals surface area (Å²) in [6.07, 6.45) is 4.95. The van der Waals surface area contributed by atoms with Crippen molar-refractivity contribution in [2.24, 2.45) is 0 Å². The minimum Gasteiger partial charge on any atom is -0.488 e. The number of rotatable bonds is 3. The van der Waals surface area contributed by atoms with Gasteiger partial charge in [0.25, 0.3) is 0 Å². The van der Waals surface area contributed by atoms with Gasteiger partial charge in [-0.2, -0.15) is 0 Å². The molecule has 0 N–H and O–H groups in total. The van der Waals surface area contributed by atoms with Crippen molar-refractivity contribution >= 4 is 17.7 Å². The summed E-state index contributed by atoms with van der Waals surface area (Å²) in [7, 11) is 0. The van der Waals surface area contributed by atoms with Crippen LogP contribution in [-0.2, 0) is 0 Å². The zero-order valence-corrected chi connectivity index (χ0v) is 9.38. The van der Waals surface area contributed by atoms with Crippen molar-refractivity contribution in [1.29, 1.82) is 0 Å². The molecule has 0 saturated heterocycles. The molecule has 0 radical (unpaired) electrons. The number of fused-ring (bicyclic) bond motifs is 1. The van der Waals surface area contributed by atoms with Crippen molar-refractivity contribution in [2.75, 3.05) is 13.2 Å². The second-order valence-electron chi connectivity index (χ2n) is 3.36. The standard InChI is InChI=1S/C12H13ClO2/c1-2-7-14-12-10(13)6-5-9-4-3-8-15-11(9)12/h3-6H,2,7-8H2,1H3. The minimum absolute atomic E-state index is 0.579. The Morgan fingerprint density at radius 1 is 1.47 bits per heavy atom.